The number of hydrogen-bond donors (Lipinski definition) is 2. The lowest BCUT2D eigenvalue weighted by Gasteiger charge is -2.10. The SMILES string of the molecule is CC(=O)NCCCc1nc2ccccc2n1CC(=O)Nc1ccc(Cl)cc1. The molecule has 3 rings (SSSR count). The number of halogens is 1. The van der Waals surface area contributed by atoms with Crippen LogP contribution in [0.25, 0.3) is 11.0 Å². The first-order valence-electron chi connectivity index (χ1n) is 8.77. The highest BCUT2D eigenvalue weighted by Gasteiger charge is 2.13. The van der Waals surface area contributed by atoms with Crippen LogP contribution < -0.4 is 10.6 Å². The van der Waals surface area contributed by atoms with Crippen LogP contribution in [-0.4, -0.2) is 27.9 Å². The van der Waals surface area contributed by atoms with E-state index in [-0.39, 0.29) is 18.4 Å². The number of nitrogens with zero attached hydrogens (tertiary/aromatic N) is 2. The van der Waals surface area contributed by atoms with Crippen LogP contribution in [-0.2, 0) is 22.6 Å². The number of hydrogen-bond acceptors (Lipinski definition) is 3. The Hall–Kier alpha value is -2.86. The molecule has 1 aromatic heterocycles. The standard InChI is InChI=1S/C20H21ClN4O2/c1-14(26)22-12-4-7-19-24-17-5-2-3-6-18(17)25(19)13-20(27)23-16-10-8-15(21)9-11-16/h2-3,5-6,8-11H,4,7,12-13H2,1H3,(H,22,26)(H,23,27). The number of para-hydroxylation sites is 2. The summed E-state index contributed by atoms with van der Waals surface area (Å²) in [5.74, 6) is 0.641. The largest absolute Gasteiger partial charge is 0.356 e. The molecule has 0 aliphatic heterocycles. The minimum Gasteiger partial charge on any atom is -0.356 e. The first-order valence-corrected chi connectivity index (χ1v) is 9.15. The van der Waals surface area contributed by atoms with Gasteiger partial charge < -0.3 is 15.2 Å². The van der Waals surface area contributed by atoms with E-state index in [4.69, 9.17) is 11.6 Å². The van der Waals surface area contributed by atoms with Crippen molar-refractivity contribution >= 4 is 40.1 Å². The Balaban J connectivity index is 1.74. The molecule has 1 heterocycles. The van der Waals surface area contributed by atoms with Gasteiger partial charge in [-0.3, -0.25) is 9.59 Å². The molecule has 0 aliphatic carbocycles. The first kappa shape index (κ1) is 18.9. The van der Waals surface area contributed by atoms with Gasteiger partial charge in [-0.1, -0.05) is 23.7 Å². The molecule has 0 saturated carbocycles. The highest BCUT2D eigenvalue weighted by Crippen LogP contribution is 2.18. The lowest BCUT2D eigenvalue weighted by Crippen LogP contribution is -2.23. The third-order valence-corrected chi connectivity index (χ3v) is 4.37. The summed E-state index contributed by atoms with van der Waals surface area (Å²) in [5.41, 5.74) is 2.46. The molecule has 27 heavy (non-hydrogen) atoms. The van der Waals surface area contributed by atoms with E-state index in [0.29, 0.717) is 23.7 Å². The van der Waals surface area contributed by atoms with Gasteiger partial charge in [0.15, 0.2) is 0 Å². The molecular weight excluding hydrogens is 364 g/mol. The predicted octanol–water partition coefficient (Wildman–Crippen LogP) is 3.40. The molecule has 0 aliphatic rings. The molecule has 2 aromatic carbocycles. The lowest BCUT2D eigenvalue weighted by molar-refractivity contribution is -0.119. The van der Waals surface area contributed by atoms with Gasteiger partial charge in [-0.2, -0.15) is 0 Å². The Labute approximate surface area is 162 Å². The molecule has 0 saturated heterocycles. The van der Waals surface area contributed by atoms with E-state index in [1.807, 2.05) is 28.8 Å². The van der Waals surface area contributed by atoms with Gasteiger partial charge in [-0.15, -0.1) is 0 Å². The number of imidazole rings is 1. The third kappa shape index (κ3) is 5.08. The summed E-state index contributed by atoms with van der Waals surface area (Å²) in [6.07, 6.45) is 1.42. The molecule has 0 bridgehead atoms. The summed E-state index contributed by atoms with van der Waals surface area (Å²) >= 11 is 5.88. The fourth-order valence-corrected chi connectivity index (χ4v) is 3.01. The topological polar surface area (TPSA) is 76.0 Å². The molecule has 2 N–H and O–H groups in total. The highest BCUT2D eigenvalue weighted by molar-refractivity contribution is 6.30. The summed E-state index contributed by atoms with van der Waals surface area (Å²) in [4.78, 5) is 28.2. The highest BCUT2D eigenvalue weighted by atomic mass is 35.5. The van der Waals surface area contributed by atoms with E-state index in [9.17, 15) is 9.59 Å². The Kier molecular flexibility index (Phi) is 6.08. The van der Waals surface area contributed by atoms with Crippen LogP contribution in [0.4, 0.5) is 5.69 Å². The van der Waals surface area contributed by atoms with E-state index >= 15 is 0 Å². The van der Waals surface area contributed by atoms with Crippen LogP contribution in [0, 0.1) is 0 Å². The van der Waals surface area contributed by atoms with Gasteiger partial charge in [0.25, 0.3) is 0 Å². The second kappa shape index (κ2) is 8.68. The zero-order valence-corrected chi connectivity index (χ0v) is 15.8. The molecule has 140 valence electrons. The maximum atomic E-state index is 12.5. The maximum Gasteiger partial charge on any atom is 0.244 e. The number of fused-ring (bicyclic) bond motifs is 1. The molecule has 0 fully saturated rings. The van der Waals surface area contributed by atoms with E-state index < -0.39 is 0 Å². The summed E-state index contributed by atoms with van der Waals surface area (Å²) < 4.78 is 1.92. The quantitative estimate of drug-likeness (QED) is 0.613. The third-order valence-electron chi connectivity index (χ3n) is 4.11. The minimum absolute atomic E-state index is 0.0501. The molecule has 7 heteroatoms. The van der Waals surface area contributed by atoms with Crippen LogP contribution >= 0.6 is 11.6 Å². The van der Waals surface area contributed by atoms with Crippen molar-refractivity contribution in [1.29, 1.82) is 0 Å². The molecule has 6 nitrogen and oxygen atoms in total. The number of aryl methyl sites for hydroxylation is 1. The Bertz CT molecular complexity index is 950. The van der Waals surface area contributed by atoms with Crippen LogP contribution in [0.2, 0.25) is 5.02 Å². The van der Waals surface area contributed by atoms with Crippen molar-refractivity contribution < 1.29 is 9.59 Å². The molecule has 0 atom stereocenters. The number of carbonyl (C=O) groups excluding carboxylic acids is 2. The Morgan fingerprint density at radius 2 is 1.85 bits per heavy atom. The molecule has 0 radical (unpaired) electrons. The molecule has 0 spiro atoms. The Morgan fingerprint density at radius 3 is 2.59 bits per heavy atom. The number of anilines is 1. The molecule has 2 amide bonds. The van der Waals surface area contributed by atoms with Crippen molar-refractivity contribution in [3.8, 4) is 0 Å². The van der Waals surface area contributed by atoms with Crippen molar-refractivity contribution in [3.05, 3.63) is 59.4 Å². The molecular formula is C20H21ClN4O2. The van der Waals surface area contributed by atoms with Gasteiger partial charge in [0.05, 0.1) is 11.0 Å². The maximum absolute atomic E-state index is 12.5. The van der Waals surface area contributed by atoms with E-state index in [1.54, 1.807) is 24.3 Å². The second-order valence-electron chi connectivity index (χ2n) is 6.24. The minimum atomic E-state index is -0.136. The Morgan fingerprint density at radius 1 is 1.11 bits per heavy atom. The van der Waals surface area contributed by atoms with E-state index in [0.717, 1.165) is 23.3 Å². The number of carbonyl (C=O) groups is 2. The fourth-order valence-electron chi connectivity index (χ4n) is 2.88. The molecule has 3 aromatic rings. The summed E-state index contributed by atoms with van der Waals surface area (Å²) in [7, 11) is 0. The van der Waals surface area contributed by atoms with Crippen LogP contribution in [0.15, 0.2) is 48.5 Å². The monoisotopic (exact) mass is 384 g/mol. The average Bonchev–Trinajstić information content (AvgIpc) is 2.98. The fraction of sp³-hybridized carbons (Fsp3) is 0.250. The van der Waals surface area contributed by atoms with Gasteiger partial charge >= 0.3 is 0 Å². The predicted molar refractivity (Wildman–Crippen MR) is 107 cm³/mol. The average molecular weight is 385 g/mol. The van der Waals surface area contributed by atoms with Gasteiger partial charge in [0.2, 0.25) is 11.8 Å². The first-order chi connectivity index (χ1) is 13.0. The number of amides is 2. The molecule has 0 unspecified atom stereocenters. The summed E-state index contributed by atoms with van der Waals surface area (Å²) in [5, 5.41) is 6.28. The van der Waals surface area contributed by atoms with Gasteiger partial charge in [-0.25, -0.2) is 4.98 Å². The van der Waals surface area contributed by atoms with E-state index in [1.165, 1.54) is 6.92 Å². The van der Waals surface area contributed by atoms with Crippen molar-refractivity contribution in [1.82, 2.24) is 14.9 Å². The van der Waals surface area contributed by atoms with Crippen molar-refractivity contribution in [2.24, 2.45) is 0 Å². The number of nitrogens with one attached hydrogen (secondary N) is 2. The van der Waals surface area contributed by atoms with Gasteiger partial charge in [-0.05, 0) is 42.8 Å². The zero-order valence-electron chi connectivity index (χ0n) is 15.0. The van der Waals surface area contributed by atoms with Crippen LogP contribution in [0.3, 0.4) is 0 Å². The van der Waals surface area contributed by atoms with Gasteiger partial charge in [0.1, 0.15) is 12.4 Å². The zero-order chi connectivity index (χ0) is 19.2. The second-order valence-corrected chi connectivity index (χ2v) is 6.68. The number of rotatable bonds is 7. The number of benzene rings is 2. The van der Waals surface area contributed by atoms with Crippen molar-refractivity contribution in [2.75, 3.05) is 11.9 Å². The van der Waals surface area contributed by atoms with E-state index in [2.05, 4.69) is 15.6 Å². The smallest absolute Gasteiger partial charge is 0.244 e. The summed E-state index contributed by atoms with van der Waals surface area (Å²) in [6, 6.07) is 14.7. The number of aromatic nitrogens is 2. The van der Waals surface area contributed by atoms with Crippen molar-refractivity contribution in [2.45, 2.75) is 26.3 Å². The normalized spacial score (nSPS) is 10.7. The van der Waals surface area contributed by atoms with Crippen molar-refractivity contribution in [3.63, 3.8) is 0 Å². The van der Waals surface area contributed by atoms with Crippen LogP contribution in [0.1, 0.15) is 19.2 Å². The summed E-state index contributed by atoms with van der Waals surface area (Å²) in [6.45, 7) is 2.24. The van der Waals surface area contributed by atoms with Crippen LogP contribution in [0.5, 0.6) is 0 Å². The van der Waals surface area contributed by atoms with Gasteiger partial charge in [0, 0.05) is 30.6 Å². The lowest BCUT2D eigenvalue weighted by atomic mass is 10.3.